The van der Waals surface area contributed by atoms with Gasteiger partial charge in [-0.1, -0.05) is 24.3 Å². The van der Waals surface area contributed by atoms with Gasteiger partial charge in [-0.25, -0.2) is 9.59 Å². The van der Waals surface area contributed by atoms with Crippen LogP contribution in [0.2, 0.25) is 0 Å². The summed E-state index contributed by atoms with van der Waals surface area (Å²) in [5.74, 6) is -0.231. The molecule has 7 nitrogen and oxygen atoms in total. The average molecular weight is 396 g/mol. The van der Waals surface area contributed by atoms with Crippen LogP contribution in [0.15, 0.2) is 48.5 Å². The summed E-state index contributed by atoms with van der Waals surface area (Å²) in [6.45, 7) is 0. The maximum atomic E-state index is 12.8. The molecule has 0 fully saturated rings. The van der Waals surface area contributed by atoms with Crippen LogP contribution in [0, 0.1) is 0 Å². The minimum Gasteiger partial charge on any atom is -0.493 e. The van der Waals surface area contributed by atoms with Gasteiger partial charge in [-0.15, -0.1) is 0 Å². The molecule has 0 aromatic heterocycles. The molecule has 0 heterocycles. The maximum Gasteiger partial charge on any atom is 0.343 e. The molecule has 0 aliphatic rings. The average Bonchev–Trinajstić information content (AvgIpc) is 2.76. The van der Waals surface area contributed by atoms with E-state index in [0.717, 1.165) is 10.8 Å². The first-order valence-corrected chi connectivity index (χ1v) is 8.65. The second-order valence-corrected chi connectivity index (χ2v) is 5.99. The van der Waals surface area contributed by atoms with Crippen molar-refractivity contribution < 1.29 is 33.3 Å². The van der Waals surface area contributed by atoms with Gasteiger partial charge in [-0.3, -0.25) is 0 Å². The number of rotatable bonds is 6. The fourth-order valence-electron chi connectivity index (χ4n) is 2.93. The molecule has 0 atom stereocenters. The Kier molecular flexibility index (Phi) is 5.87. The van der Waals surface area contributed by atoms with E-state index in [4.69, 9.17) is 23.7 Å². The van der Waals surface area contributed by atoms with Crippen molar-refractivity contribution in [1.29, 1.82) is 0 Å². The van der Waals surface area contributed by atoms with E-state index in [1.165, 1.54) is 40.6 Å². The van der Waals surface area contributed by atoms with Gasteiger partial charge in [0, 0.05) is 0 Å². The molecule has 0 aliphatic carbocycles. The molecule has 3 aromatic rings. The molecule has 0 aliphatic heterocycles. The first-order chi connectivity index (χ1) is 14.0. The van der Waals surface area contributed by atoms with E-state index >= 15 is 0 Å². The fourth-order valence-corrected chi connectivity index (χ4v) is 2.93. The van der Waals surface area contributed by atoms with Gasteiger partial charge in [0.1, 0.15) is 11.3 Å². The predicted octanol–water partition coefficient (Wildman–Crippen LogP) is 3.87. The Balaban J connectivity index is 2.04. The summed E-state index contributed by atoms with van der Waals surface area (Å²) in [7, 11) is 5.63. The van der Waals surface area contributed by atoms with E-state index in [-0.39, 0.29) is 16.9 Å². The van der Waals surface area contributed by atoms with E-state index in [1.807, 2.05) is 24.3 Å². The molecule has 0 radical (unpaired) electrons. The van der Waals surface area contributed by atoms with Gasteiger partial charge >= 0.3 is 11.9 Å². The lowest BCUT2D eigenvalue weighted by atomic mass is 10.1. The predicted molar refractivity (Wildman–Crippen MR) is 106 cm³/mol. The van der Waals surface area contributed by atoms with E-state index in [1.54, 1.807) is 12.1 Å². The topological polar surface area (TPSA) is 80.3 Å². The standard InChI is InChI=1S/C22H20O7/c1-25-18-11-15(12-19(26-2)20(18)27-3)21(23)29-17-10-14-8-6-5-7-13(14)9-16(17)22(24)28-4/h5-12H,1-4H3. The van der Waals surface area contributed by atoms with Gasteiger partial charge in [-0.05, 0) is 35.0 Å². The Hall–Kier alpha value is -3.74. The second-order valence-electron chi connectivity index (χ2n) is 5.99. The minimum atomic E-state index is -0.690. The highest BCUT2D eigenvalue weighted by Gasteiger charge is 2.21. The number of carbonyl (C=O) groups is 2. The van der Waals surface area contributed by atoms with Crippen molar-refractivity contribution in [3.63, 3.8) is 0 Å². The van der Waals surface area contributed by atoms with Crippen LogP contribution in [-0.2, 0) is 4.74 Å². The van der Waals surface area contributed by atoms with E-state index in [9.17, 15) is 9.59 Å². The Morgan fingerprint density at radius 1 is 0.690 bits per heavy atom. The fraction of sp³-hybridized carbons (Fsp3) is 0.182. The summed E-state index contributed by atoms with van der Waals surface area (Å²) in [5.41, 5.74) is 0.315. The first-order valence-electron chi connectivity index (χ1n) is 8.65. The Bertz CT molecular complexity index is 1050. The van der Waals surface area contributed by atoms with E-state index < -0.39 is 11.9 Å². The molecular weight excluding hydrogens is 376 g/mol. The molecule has 29 heavy (non-hydrogen) atoms. The van der Waals surface area contributed by atoms with Gasteiger partial charge in [0.05, 0.1) is 34.0 Å². The quantitative estimate of drug-likeness (QED) is 0.462. The van der Waals surface area contributed by atoms with Crippen molar-refractivity contribution in [2.24, 2.45) is 0 Å². The molecule has 150 valence electrons. The minimum absolute atomic E-state index is 0.0919. The number of hydrogen-bond donors (Lipinski definition) is 0. The van der Waals surface area contributed by atoms with Gasteiger partial charge < -0.3 is 23.7 Å². The zero-order chi connectivity index (χ0) is 21.0. The Morgan fingerprint density at radius 2 is 1.28 bits per heavy atom. The summed E-state index contributed by atoms with van der Waals surface area (Å²) in [6.07, 6.45) is 0. The third-order valence-corrected chi connectivity index (χ3v) is 4.36. The van der Waals surface area contributed by atoms with Crippen molar-refractivity contribution >= 4 is 22.7 Å². The van der Waals surface area contributed by atoms with Gasteiger partial charge in [-0.2, -0.15) is 0 Å². The van der Waals surface area contributed by atoms with Gasteiger partial charge in [0.2, 0.25) is 5.75 Å². The number of carbonyl (C=O) groups excluding carboxylic acids is 2. The van der Waals surface area contributed by atoms with Crippen LogP contribution < -0.4 is 18.9 Å². The normalized spacial score (nSPS) is 10.3. The summed E-state index contributed by atoms with van der Waals surface area (Å²) in [4.78, 5) is 25.0. The third-order valence-electron chi connectivity index (χ3n) is 4.36. The van der Waals surface area contributed by atoms with Crippen LogP contribution in [0.3, 0.4) is 0 Å². The van der Waals surface area contributed by atoms with Crippen molar-refractivity contribution in [3.05, 3.63) is 59.7 Å². The lowest BCUT2D eigenvalue weighted by Crippen LogP contribution is -2.13. The monoisotopic (exact) mass is 396 g/mol. The van der Waals surface area contributed by atoms with Crippen molar-refractivity contribution in [1.82, 2.24) is 0 Å². The van der Waals surface area contributed by atoms with Crippen molar-refractivity contribution in [2.75, 3.05) is 28.4 Å². The first kappa shape index (κ1) is 20.0. The van der Waals surface area contributed by atoms with Crippen molar-refractivity contribution in [3.8, 4) is 23.0 Å². The zero-order valence-electron chi connectivity index (χ0n) is 16.5. The maximum absolute atomic E-state index is 12.8. The molecule has 3 rings (SSSR count). The number of ether oxygens (including phenoxy) is 5. The van der Waals surface area contributed by atoms with Gasteiger partial charge in [0.25, 0.3) is 0 Å². The highest BCUT2D eigenvalue weighted by molar-refractivity contribution is 6.01. The summed E-state index contributed by atoms with van der Waals surface area (Å²) in [5, 5.41) is 1.63. The third kappa shape index (κ3) is 3.94. The summed E-state index contributed by atoms with van der Waals surface area (Å²) in [6, 6.07) is 13.6. The molecule has 0 amide bonds. The molecule has 0 saturated carbocycles. The SMILES string of the molecule is COC(=O)c1cc2ccccc2cc1OC(=O)c1cc(OC)c(OC)c(OC)c1. The zero-order valence-corrected chi connectivity index (χ0v) is 16.5. The molecule has 0 N–H and O–H groups in total. The second kappa shape index (κ2) is 8.52. The van der Waals surface area contributed by atoms with Crippen LogP contribution in [0.1, 0.15) is 20.7 Å². The van der Waals surface area contributed by atoms with E-state index in [2.05, 4.69) is 0 Å². The number of methoxy groups -OCH3 is 4. The Morgan fingerprint density at radius 3 is 1.79 bits per heavy atom. The van der Waals surface area contributed by atoms with Crippen molar-refractivity contribution in [2.45, 2.75) is 0 Å². The number of fused-ring (bicyclic) bond motifs is 1. The number of hydrogen-bond acceptors (Lipinski definition) is 7. The molecule has 0 spiro atoms. The molecule has 0 saturated heterocycles. The molecule has 0 bridgehead atoms. The molecule has 7 heteroatoms. The highest BCUT2D eigenvalue weighted by Crippen LogP contribution is 2.38. The Labute approximate surface area is 167 Å². The lowest BCUT2D eigenvalue weighted by molar-refractivity contribution is 0.0593. The lowest BCUT2D eigenvalue weighted by Gasteiger charge is -2.14. The van der Waals surface area contributed by atoms with Crippen LogP contribution in [0.4, 0.5) is 0 Å². The number of esters is 2. The molecule has 3 aromatic carbocycles. The summed E-state index contributed by atoms with van der Waals surface area (Å²) < 4.78 is 26.2. The van der Waals surface area contributed by atoms with Crippen LogP contribution in [0.5, 0.6) is 23.0 Å². The van der Waals surface area contributed by atoms with Crippen LogP contribution >= 0.6 is 0 Å². The molecule has 0 unspecified atom stereocenters. The van der Waals surface area contributed by atoms with Gasteiger partial charge in [0.15, 0.2) is 11.5 Å². The highest BCUT2D eigenvalue weighted by atomic mass is 16.5. The smallest absolute Gasteiger partial charge is 0.343 e. The molecular formula is C22H20O7. The van der Waals surface area contributed by atoms with Crippen LogP contribution in [0.25, 0.3) is 10.8 Å². The number of benzene rings is 3. The summed E-state index contributed by atoms with van der Waals surface area (Å²) >= 11 is 0. The van der Waals surface area contributed by atoms with E-state index in [0.29, 0.717) is 17.2 Å². The largest absolute Gasteiger partial charge is 0.493 e. The van der Waals surface area contributed by atoms with Crippen LogP contribution in [-0.4, -0.2) is 40.4 Å².